The number of esters is 1. The van der Waals surface area contributed by atoms with Gasteiger partial charge in [0.25, 0.3) is 16.6 Å². The SMILES string of the molecule is C#C[C@@H]1[C@@H](C/C=C\CCCC(=O)OC)[C@@H](O[Si](c2ccccc2)(c2ccccc2)C(C)(C)C)C[C@H]1O[Si](c1ccccc1)(c1ccccc1)C(C)(C)C. The third kappa shape index (κ3) is 8.55. The van der Waals surface area contributed by atoms with Crippen LogP contribution in [0.3, 0.4) is 0 Å². The summed E-state index contributed by atoms with van der Waals surface area (Å²) in [4.78, 5) is 11.8. The van der Waals surface area contributed by atoms with Crippen LogP contribution in [0.5, 0.6) is 0 Å². The van der Waals surface area contributed by atoms with Gasteiger partial charge in [-0.2, -0.15) is 0 Å². The second kappa shape index (κ2) is 17.4. The molecule has 0 bridgehead atoms. The first-order valence-corrected chi connectivity index (χ1v) is 23.0. The Morgan fingerprint density at radius 2 is 1.08 bits per heavy atom. The highest BCUT2D eigenvalue weighted by atomic mass is 28.4. The molecule has 0 radical (unpaired) electrons. The van der Waals surface area contributed by atoms with Crippen molar-refractivity contribution in [1.82, 2.24) is 0 Å². The Kier molecular flexibility index (Phi) is 13.2. The van der Waals surface area contributed by atoms with Gasteiger partial charge in [0.15, 0.2) is 0 Å². The number of methoxy groups -OCH3 is 1. The van der Waals surface area contributed by atoms with Crippen LogP contribution in [0, 0.1) is 24.2 Å². The molecule has 6 heteroatoms. The number of ether oxygens (including phenoxy) is 1. The van der Waals surface area contributed by atoms with Crippen LogP contribution >= 0.6 is 0 Å². The molecule has 4 atom stereocenters. The molecule has 1 saturated carbocycles. The highest BCUT2D eigenvalue weighted by molar-refractivity contribution is 7.00. The Morgan fingerprint density at radius 3 is 1.43 bits per heavy atom. The fourth-order valence-corrected chi connectivity index (χ4v) is 18.0. The quantitative estimate of drug-likeness (QED) is 0.0428. The molecule has 0 aliphatic heterocycles. The lowest BCUT2D eigenvalue weighted by molar-refractivity contribution is -0.140. The molecule has 1 fully saturated rings. The molecule has 0 amide bonds. The van der Waals surface area contributed by atoms with E-state index in [1.165, 1.54) is 27.9 Å². The monoisotopic (exact) mass is 742 g/mol. The van der Waals surface area contributed by atoms with Crippen molar-refractivity contribution in [3.05, 3.63) is 133 Å². The number of carbonyl (C=O) groups is 1. The number of hydrogen-bond acceptors (Lipinski definition) is 4. The molecule has 0 aromatic heterocycles. The normalized spacial score (nSPS) is 19.6. The number of allylic oxidation sites excluding steroid dienone is 2. The van der Waals surface area contributed by atoms with Crippen LogP contribution in [0.1, 0.15) is 73.6 Å². The van der Waals surface area contributed by atoms with Gasteiger partial charge in [-0.3, -0.25) is 4.79 Å². The summed E-state index contributed by atoms with van der Waals surface area (Å²) in [5.41, 5.74) is 0. The van der Waals surface area contributed by atoms with Crippen molar-refractivity contribution in [3.63, 3.8) is 0 Å². The van der Waals surface area contributed by atoms with Gasteiger partial charge in [0.2, 0.25) is 0 Å². The molecule has 0 heterocycles. The van der Waals surface area contributed by atoms with E-state index >= 15 is 0 Å². The van der Waals surface area contributed by atoms with E-state index in [4.69, 9.17) is 20.0 Å². The van der Waals surface area contributed by atoms with Crippen LogP contribution in [0.25, 0.3) is 0 Å². The van der Waals surface area contributed by atoms with E-state index in [1.54, 1.807) is 0 Å². The zero-order chi connectivity index (χ0) is 38.1. The van der Waals surface area contributed by atoms with Gasteiger partial charge in [0, 0.05) is 12.3 Å². The van der Waals surface area contributed by atoms with E-state index in [1.807, 2.05) is 0 Å². The van der Waals surface area contributed by atoms with E-state index < -0.39 is 16.6 Å². The van der Waals surface area contributed by atoms with E-state index in [2.05, 4.69) is 181 Å². The maximum Gasteiger partial charge on any atom is 0.305 e. The highest BCUT2D eigenvalue weighted by Gasteiger charge is 2.58. The minimum absolute atomic E-state index is 0.0294. The number of rotatable bonds is 14. The molecule has 0 N–H and O–H groups in total. The van der Waals surface area contributed by atoms with Gasteiger partial charge >= 0.3 is 5.97 Å². The van der Waals surface area contributed by atoms with Gasteiger partial charge in [-0.25, -0.2) is 0 Å². The second-order valence-corrected chi connectivity index (χ2v) is 24.9. The minimum Gasteiger partial charge on any atom is -0.469 e. The first-order valence-electron chi connectivity index (χ1n) is 19.1. The van der Waals surface area contributed by atoms with Gasteiger partial charge in [0.05, 0.1) is 25.2 Å². The molecule has 5 rings (SSSR count). The van der Waals surface area contributed by atoms with Gasteiger partial charge in [0.1, 0.15) is 0 Å². The van der Waals surface area contributed by atoms with Crippen molar-refractivity contribution in [2.75, 3.05) is 7.11 Å². The predicted molar refractivity (Wildman–Crippen MR) is 225 cm³/mol. The molecular weight excluding hydrogens is 685 g/mol. The lowest BCUT2D eigenvalue weighted by Crippen LogP contribution is -2.68. The summed E-state index contributed by atoms with van der Waals surface area (Å²) in [5, 5.41) is 4.61. The standard InChI is InChI=1S/C47H58O4Si2/c1-9-41-42(34-24-10-11-25-35-45(48)49-8)44(51-53(47(5,6)7,39-30-20-14-21-31-39)40-32-22-15-23-33-40)36-43(41)50-52(46(2,3)4,37-26-16-12-17-27-37)38-28-18-13-19-29-38/h1,10,12-24,26-33,41-44H,11,25,34-36H2,2-8H3/b24-10-/t41-,42-,43-,44+/m1/s1. The summed E-state index contributed by atoms with van der Waals surface area (Å²) in [5.74, 6) is 2.97. The van der Waals surface area contributed by atoms with Crippen molar-refractivity contribution in [1.29, 1.82) is 0 Å². The summed E-state index contributed by atoms with van der Waals surface area (Å²) in [6.07, 6.45) is 14.1. The molecule has 278 valence electrons. The fourth-order valence-electron chi connectivity index (χ4n) is 8.52. The summed E-state index contributed by atoms with van der Waals surface area (Å²) < 4.78 is 20.6. The van der Waals surface area contributed by atoms with E-state index in [9.17, 15) is 4.79 Å². The van der Waals surface area contributed by atoms with Crippen molar-refractivity contribution in [2.24, 2.45) is 11.8 Å². The van der Waals surface area contributed by atoms with Gasteiger partial charge in [-0.05, 0) is 56.5 Å². The van der Waals surface area contributed by atoms with Crippen LogP contribution in [0.15, 0.2) is 133 Å². The number of unbranched alkanes of at least 4 members (excludes halogenated alkanes) is 1. The smallest absolute Gasteiger partial charge is 0.305 e. The number of hydrogen-bond donors (Lipinski definition) is 0. The van der Waals surface area contributed by atoms with Crippen LogP contribution in [0.2, 0.25) is 10.1 Å². The van der Waals surface area contributed by atoms with E-state index in [0.717, 1.165) is 19.3 Å². The van der Waals surface area contributed by atoms with E-state index in [-0.39, 0.29) is 40.1 Å². The first kappa shape index (κ1) is 40.2. The highest BCUT2D eigenvalue weighted by Crippen LogP contribution is 2.47. The zero-order valence-corrected chi connectivity index (χ0v) is 34.8. The van der Waals surface area contributed by atoms with Crippen LogP contribution in [0.4, 0.5) is 0 Å². The molecule has 53 heavy (non-hydrogen) atoms. The largest absolute Gasteiger partial charge is 0.469 e. The average Bonchev–Trinajstić information content (AvgIpc) is 3.49. The van der Waals surface area contributed by atoms with E-state index in [0.29, 0.717) is 12.8 Å². The van der Waals surface area contributed by atoms with Gasteiger partial charge in [-0.1, -0.05) is 175 Å². The van der Waals surface area contributed by atoms with Gasteiger partial charge < -0.3 is 13.6 Å². The number of benzene rings is 4. The number of carbonyl (C=O) groups excluding carboxylic acids is 1. The Balaban J connectivity index is 1.63. The molecule has 1 aliphatic carbocycles. The zero-order valence-electron chi connectivity index (χ0n) is 32.8. The maximum absolute atomic E-state index is 11.8. The minimum atomic E-state index is -2.92. The third-order valence-electron chi connectivity index (χ3n) is 11.0. The fraction of sp³-hybridized carbons (Fsp3) is 0.383. The molecule has 0 saturated heterocycles. The summed E-state index contributed by atoms with van der Waals surface area (Å²) >= 11 is 0. The Labute approximate surface area is 321 Å². The molecular formula is C47H58O4Si2. The van der Waals surface area contributed by atoms with Crippen LogP contribution < -0.4 is 20.7 Å². The van der Waals surface area contributed by atoms with Crippen molar-refractivity contribution in [2.45, 2.75) is 95.9 Å². The molecule has 0 spiro atoms. The Hall–Kier alpha value is -4.00. The first-order chi connectivity index (χ1) is 25.4. The second-order valence-electron chi connectivity index (χ2n) is 16.4. The Bertz CT molecular complexity index is 1730. The van der Waals surface area contributed by atoms with Gasteiger partial charge in [-0.15, -0.1) is 12.3 Å². The lowest BCUT2D eigenvalue weighted by atomic mass is 9.91. The molecule has 4 aromatic carbocycles. The van der Waals surface area contributed by atoms with Crippen molar-refractivity contribution < 1.29 is 18.4 Å². The summed E-state index contributed by atoms with van der Waals surface area (Å²) in [6.45, 7) is 14.0. The van der Waals surface area contributed by atoms with Crippen LogP contribution in [-0.2, 0) is 18.4 Å². The van der Waals surface area contributed by atoms with Crippen molar-refractivity contribution in [3.8, 4) is 12.3 Å². The predicted octanol–water partition coefficient (Wildman–Crippen LogP) is 8.44. The summed E-state index contributed by atoms with van der Waals surface area (Å²) in [6, 6.07) is 43.4. The third-order valence-corrected chi connectivity index (χ3v) is 21.2. The summed E-state index contributed by atoms with van der Waals surface area (Å²) in [7, 11) is -4.40. The maximum atomic E-state index is 11.8. The molecule has 0 unspecified atom stereocenters. The van der Waals surface area contributed by atoms with Crippen LogP contribution in [-0.4, -0.2) is 41.9 Å². The topological polar surface area (TPSA) is 44.8 Å². The van der Waals surface area contributed by atoms with Crippen molar-refractivity contribution >= 4 is 43.4 Å². The molecule has 4 nitrogen and oxygen atoms in total. The molecule has 1 aliphatic rings. The average molecular weight is 743 g/mol. The molecule has 4 aromatic rings. The Morgan fingerprint density at radius 1 is 0.679 bits per heavy atom. The number of terminal acetylenes is 1. The lowest BCUT2D eigenvalue weighted by Gasteiger charge is -2.46.